The van der Waals surface area contributed by atoms with Crippen LogP contribution in [0.2, 0.25) is 10.0 Å². The van der Waals surface area contributed by atoms with Crippen LogP contribution in [-0.4, -0.2) is 28.0 Å². The van der Waals surface area contributed by atoms with E-state index in [4.69, 9.17) is 28.5 Å². The fourth-order valence-electron chi connectivity index (χ4n) is 2.34. The Hall–Kier alpha value is -3.28. The molecular weight excluding hydrogens is 401 g/mol. The van der Waals surface area contributed by atoms with Crippen LogP contribution < -0.4 is 10.6 Å². The largest absolute Gasteiger partial charge is 0.368 e. The van der Waals surface area contributed by atoms with Gasteiger partial charge in [-0.25, -0.2) is 15.0 Å². The lowest BCUT2D eigenvalue weighted by atomic mass is 10.1. The molecule has 3 aromatic rings. The number of aromatic nitrogens is 3. The van der Waals surface area contributed by atoms with E-state index < -0.39 is 0 Å². The summed E-state index contributed by atoms with van der Waals surface area (Å²) in [6, 6.07) is 10.3. The Morgan fingerprint density at radius 1 is 1.04 bits per heavy atom. The molecule has 0 bridgehead atoms. The van der Waals surface area contributed by atoms with Crippen molar-refractivity contribution in [1.29, 1.82) is 5.26 Å². The Kier molecular flexibility index (Phi) is 6.32. The first-order valence-corrected chi connectivity index (χ1v) is 8.86. The molecule has 0 radical (unpaired) electrons. The third-order valence-electron chi connectivity index (χ3n) is 3.66. The lowest BCUT2D eigenvalue weighted by molar-refractivity contribution is 1.03. The van der Waals surface area contributed by atoms with Gasteiger partial charge in [0.25, 0.3) is 0 Å². The summed E-state index contributed by atoms with van der Waals surface area (Å²) in [7, 11) is 0. The van der Waals surface area contributed by atoms with E-state index in [9.17, 15) is 4.91 Å². The molecule has 0 atom stereocenters. The average molecular weight is 414 g/mol. The van der Waals surface area contributed by atoms with Crippen molar-refractivity contribution in [3.05, 3.63) is 63.2 Å². The molecule has 0 saturated carbocycles. The summed E-state index contributed by atoms with van der Waals surface area (Å²) in [5.74, 6) is 1.05. The maximum absolute atomic E-state index is 11.1. The van der Waals surface area contributed by atoms with Crippen molar-refractivity contribution < 1.29 is 0 Å². The van der Waals surface area contributed by atoms with Crippen molar-refractivity contribution in [1.82, 2.24) is 15.0 Å². The number of nitrogens with zero attached hydrogens (tertiary/aromatic N) is 5. The van der Waals surface area contributed by atoms with Crippen LogP contribution >= 0.6 is 23.2 Å². The van der Waals surface area contributed by atoms with Gasteiger partial charge in [-0.05, 0) is 35.5 Å². The summed E-state index contributed by atoms with van der Waals surface area (Å²) in [5.41, 5.74) is 1.27. The highest BCUT2D eigenvalue weighted by atomic mass is 35.5. The lowest BCUT2D eigenvalue weighted by Crippen LogP contribution is -2.15. The number of rotatable bonds is 7. The number of hydrogen-bond acceptors (Lipinski definition) is 8. The molecule has 3 rings (SSSR count). The molecule has 1 aromatic carbocycles. The summed E-state index contributed by atoms with van der Waals surface area (Å²) >= 11 is 12.1. The van der Waals surface area contributed by atoms with E-state index >= 15 is 0 Å². The zero-order valence-electron chi connectivity index (χ0n) is 14.4. The van der Waals surface area contributed by atoms with E-state index in [0.29, 0.717) is 45.9 Å². The summed E-state index contributed by atoms with van der Waals surface area (Å²) in [6.07, 6.45) is 2.92. The minimum absolute atomic E-state index is 0.0605. The van der Waals surface area contributed by atoms with E-state index in [1.807, 2.05) is 6.07 Å². The summed E-state index contributed by atoms with van der Waals surface area (Å²) in [6.45, 7) is 1.06. The fourth-order valence-corrected chi connectivity index (χ4v) is 2.84. The first-order valence-electron chi connectivity index (χ1n) is 8.10. The first-order chi connectivity index (χ1) is 13.6. The first kappa shape index (κ1) is 19.5. The molecule has 0 unspecified atom stereocenters. The number of benzene rings is 1. The Morgan fingerprint density at radius 3 is 2.46 bits per heavy atom. The van der Waals surface area contributed by atoms with Crippen molar-refractivity contribution in [3.63, 3.8) is 0 Å². The van der Waals surface area contributed by atoms with Crippen LogP contribution in [0.25, 0.3) is 11.3 Å². The van der Waals surface area contributed by atoms with Gasteiger partial charge in [-0.15, -0.1) is 4.91 Å². The predicted octanol–water partition coefficient (Wildman–Crippen LogP) is 4.64. The smallest absolute Gasteiger partial charge is 0.223 e. The van der Waals surface area contributed by atoms with Crippen molar-refractivity contribution in [2.45, 2.75) is 0 Å². The minimum Gasteiger partial charge on any atom is -0.368 e. The second-order valence-corrected chi connectivity index (χ2v) is 6.38. The van der Waals surface area contributed by atoms with E-state index in [0.717, 1.165) is 0 Å². The van der Waals surface area contributed by atoms with E-state index in [2.05, 4.69) is 30.8 Å². The Balaban J connectivity index is 1.67. The van der Waals surface area contributed by atoms with Crippen LogP contribution in [0, 0.1) is 16.2 Å². The molecule has 0 spiro atoms. The minimum atomic E-state index is -0.0605. The molecule has 140 valence electrons. The second-order valence-electron chi connectivity index (χ2n) is 5.54. The molecule has 10 heteroatoms. The van der Waals surface area contributed by atoms with Crippen LogP contribution in [0.5, 0.6) is 0 Å². The summed E-state index contributed by atoms with van der Waals surface area (Å²) in [5, 5.41) is 18.7. The number of nitriles is 1. The predicted molar refractivity (Wildman–Crippen MR) is 109 cm³/mol. The van der Waals surface area contributed by atoms with Gasteiger partial charge in [0.2, 0.25) is 5.82 Å². The topological polar surface area (TPSA) is 116 Å². The maximum Gasteiger partial charge on any atom is 0.223 e. The molecular formula is C18H13Cl2N7O. The number of nitrogens with one attached hydrogen (secondary N) is 2. The van der Waals surface area contributed by atoms with Gasteiger partial charge < -0.3 is 10.6 Å². The standard InChI is InChI=1S/C18H13Cl2N7O/c19-12-2-3-13(14(20)7-12)17-18(27-28)25-10-16(26-17)23-6-5-22-15-4-1-11(8-21)9-24-15/h1-4,7,9-10H,5-6H2,(H,22,24)(H,23,26). The summed E-state index contributed by atoms with van der Waals surface area (Å²) < 4.78 is 0. The fraction of sp³-hybridized carbons (Fsp3) is 0.111. The second kappa shape index (κ2) is 9.08. The zero-order valence-corrected chi connectivity index (χ0v) is 15.9. The quantitative estimate of drug-likeness (QED) is 0.427. The highest BCUT2D eigenvalue weighted by Gasteiger charge is 2.14. The molecule has 2 N–H and O–H groups in total. The number of hydrogen-bond donors (Lipinski definition) is 2. The third-order valence-corrected chi connectivity index (χ3v) is 4.20. The molecule has 0 aliphatic rings. The van der Waals surface area contributed by atoms with Crippen molar-refractivity contribution in [2.24, 2.45) is 5.18 Å². The van der Waals surface area contributed by atoms with Crippen molar-refractivity contribution in [2.75, 3.05) is 23.7 Å². The molecule has 0 aliphatic carbocycles. The highest BCUT2D eigenvalue weighted by Crippen LogP contribution is 2.34. The van der Waals surface area contributed by atoms with Gasteiger partial charge in [0.1, 0.15) is 23.4 Å². The van der Waals surface area contributed by atoms with Gasteiger partial charge in [-0.2, -0.15) is 5.26 Å². The van der Waals surface area contributed by atoms with E-state index in [-0.39, 0.29) is 11.5 Å². The summed E-state index contributed by atoms with van der Waals surface area (Å²) in [4.78, 5) is 23.6. The van der Waals surface area contributed by atoms with Gasteiger partial charge in [0.05, 0.1) is 16.8 Å². The van der Waals surface area contributed by atoms with Crippen molar-refractivity contribution >= 4 is 40.7 Å². The normalized spacial score (nSPS) is 10.2. The Bertz CT molecular complexity index is 1040. The van der Waals surface area contributed by atoms with Crippen molar-refractivity contribution in [3.8, 4) is 17.3 Å². The molecule has 28 heavy (non-hydrogen) atoms. The molecule has 2 heterocycles. The Morgan fingerprint density at radius 2 is 1.82 bits per heavy atom. The van der Waals surface area contributed by atoms with Crippen LogP contribution in [0.3, 0.4) is 0 Å². The molecule has 0 fully saturated rings. The van der Waals surface area contributed by atoms with E-state index in [1.165, 1.54) is 12.4 Å². The van der Waals surface area contributed by atoms with Gasteiger partial charge in [-0.1, -0.05) is 23.2 Å². The van der Waals surface area contributed by atoms with E-state index in [1.54, 1.807) is 30.3 Å². The number of halogens is 2. The van der Waals surface area contributed by atoms with Gasteiger partial charge in [0.15, 0.2) is 0 Å². The van der Waals surface area contributed by atoms with Gasteiger partial charge in [-0.3, -0.25) is 0 Å². The Labute approximate surface area is 170 Å². The maximum atomic E-state index is 11.1. The molecule has 0 saturated heterocycles. The third kappa shape index (κ3) is 4.71. The molecule has 0 amide bonds. The number of pyridine rings is 1. The van der Waals surface area contributed by atoms with Crippen LogP contribution in [0.1, 0.15) is 5.56 Å². The van der Waals surface area contributed by atoms with Crippen LogP contribution in [0.4, 0.5) is 17.5 Å². The van der Waals surface area contributed by atoms with Crippen LogP contribution in [-0.2, 0) is 0 Å². The molecule has 2 aromatic heterocycles. The zero-order chi connectivity index (χ0) is 19.9. The number of nitroso groups, excluding NO2 is 1. The molecule has 0 aliphatic heterocycles. The molecule has 8 nitrogen and oxygen atoms in total. The lowest BCUT2D eigenvalue weighted by Gasteiger charge is -2.10. The SMILES string of the molecule is N#Cc1ccc(NCCNc2cnc(N=O)c(-c3ccc(Cl)cc3Cl)n2)nc1. The monoisotopic (exact) mass is 413 g/mol. The van der Waals surface area contributed by atoms with Gasteiger partial charge in [0, 0.05) is 29.9 Å². The number of anilines is 2. The van der Waals surface area contributed by atoms with Gasteiger partial charge >= 0.3 is 0 Å². The highest BCUT2D eigenvalue weighted by molar-refractivity contribution is 6.36. The average Bonchev–Trinajstić information content (AvgIpc) is 2.71. The van der Waals surface area contributed by atoms with Crippen LogP contribution in [0.15, 0.2) is 47.9 Å².